The molecule has 2 atom stereocenters. The van der Waals surface area contributed by atoms with Gasteiger partial charge in [0.05, 0.1) is 10.7 Å². The van der Waals surface area contributed by atoms with E-state index in [0.717, 1.165) is 11.4 Å². The Morgan fingerprint density at radius 3 is 2.74 bits per heavy atom. The molecule has 7 nitrogen and oxygen atoms in total. The van der Waals surface area contributed by atoms with Crippen LogP contribution in [0.25, 0.3) is 0 Å². The molecule has 0 aliphatic carbocycles. The molecule has 4 rings (SSSR count). The van der Waals surface area contributed by atoms with Gasteiger partial charge in [0.15, 0.2) is 12.2 Å². The van der Waals surface area contributed by atoms with Crippen molar-refractivity contribution >= 4 is 35.2 Å². The van der Waals surface area contributed by atoms with Gasteiger partial charge >= 0.3 is 6.03 Å². The number of para-hydroxylation sites is 1. The molecule has 0 bridgehead atoms. The number of likely N-dealkylation sites (N-methyl/N-ethyl adjacent to an activating group) is 1. The fraction of sp³-hybridized carbons (Fsp3) is 0.267. The number of fused-ring (bicyclic) bond motifs is 3. The van der Waals surface area contributed by atoms with Gasteiger partial charge in [-0.05, 0) is 19.1 Å². The van der Waals surface area contributed by atoms with Gasteiger partial charge in [-0.3, -0.25) is 15.0 Å². The predicted molar refractivity (Wildman–Crippen MR) is 85.8 cm³/mol. The molecule has 1 aromatic carbocycles. The predicted octanol–water partition coefficient (Wildman–Crippen LogP) is 1.57. The summed E-state index contributed by atoms with van der Waals surface area (Å²) < 4.78 is 0. The third-order valence-electron chi connectivity index (χ3n) is 4.25. The van der Waals surface area contributed by atoms with Crippen LogP contribution in [0.2, 0.25) is 5.02 Å². The lowest BCUT2D eigenvalue weighted by atomic mass is 10.1. The molecule has 23 heavy (non-hydrogen) atoms. The summed E-state index contributed by atoms with van der Waals surface area (Å²) in [6.07, 6.45) is 1.32. The number of guanidine groups is 1. The van der Waals surface area contributed by atoms with E-state index in [1.54, 1.807) is 18.0 Å². The van der Waals surface area contributed by atoms with Crippen LogP contribution in [0, 0.1) is 0 Å². The number of allylic oxidation sites excluding steroid dienone is 1. The number of benzene rings is 1. The summed E-state index contributed by atoms with van der Waals surface area (Å²) in [6, 6.07) is 6.44. The molecule has 1 fully saturated rings. The van der Waals surface area contributed by atoms with Gasteiger partial charge in [-0.1, -0.05) is 23.7 Å². The zero-order valence-electron chi connectivity index (χ0n) is 12.5. The van der Waals surface area contributed by atoms with Gasteiger partial charge in [-0.15, -0.1) is 0 Å². The Hall–Kier alpha value is -2.54. The van der Waals surface area contributed by atoms with Gasteiger partial charge in [-0.2, -0.15) is 0 Å². The SMILES string of the molecule is CC1=CN2C(=NC3C2C(=O)NC(=O)N3C)N1c1ccccc1Cl. The van der Waals surface area contributed by atoms with E-state index in [2.05, 4.69) is 10.3 Å². The second-order valence-corrected chi connectivity index (χ2v) is 6.06. The minimum atomic E-state index is -0.560. The summed E-state index contributed by atoms with van der Waals surface area (Å²) in [4.78, 5) is 33.8. The Bertz CT molecular complexity index is 790. The maximum Gasteiger partial charge on any atom is 0.325 e. The molecule has 8 heteroatoms. The summed E-state index contributed by atoms with van der Waals surface area (Å²) in [5.41, 5.74) is 1.69. The van der Waals surface area contributed by atoms with E-state index in [1.165, 1.54) is 4.90 Å². The smallest absolute Gasteiger partial charge is 0.303 e. The second kappa shape index (κ2) is 4.73. The van der Waals surface area contributed by atoms with Crippen molar-refractivity contribution in [2.75, 3.05) is 11.9 Å². The molecule has 3 aliphatic heterocycles. The van der Waals surface area contributed by atoms with Gasteiger partial charge in [0.2, 0.25) is 5.96 Å². The first-order valence-electron chi connectivity index (χ1n) is 7.16. The third kappa shape index (κ3) is 1.86. The first-order valence-corrected chi connectivity index (χ1v) is 7.53. The van der Waals surface area contributed by atoms with E-state index < -0.39 is 18.2 Å². The van der Waals surface area contributed by atoms with Gasteiger partial charge in [0.25, 0.3) is 5.91 Å². The lowest BCUT2D eigenvalue weighted by Gasteiger charge is -2.34. The number of amides is 3. The Morgan fingerprint density at radius 2 is 2.00 bits per heavy atom. The molecule has 1 aromatic rings. The van der Waals surface area contributed by atoms with E-state index in [1.807, 2.05) is 36.2 Å². The molecule has 1 saturated heterocycles. The maximum atomic E-state index is 12.2. The van der Waals surface area contributed by atoms with Crippen LogP contribution in [-0.4, -0.2) is 47.0 Å². The van der Waals surface area contributed by atoms with Crippen molar-refractivity contribution in [2.24, 2.45) is 4.99 Å². The highest BCUT2D eigenvalue weighted by Gasteiger charge is 2.51. The Morgan fingerprint density at radius 1 is 1.26 bits per heavy atom. The topological polar surface area (TPSA) is 68.2 Å². The van der Waals surface area contributed by atoms with E-state index >= 15 is 0 Å². The molecule has 2 unspecified atom stereocenters. The minimum Gasteiger partial charge on any atom is -0.303 e. The van der Waals surface area contributed by atoms with Crippen molar-refractivity contribution in [1.29, 1.82) is 0 Å². The number of carbonyl (C=O) groups is 2. The van der Waals surface area contributed by atoms with Crippen LogP contribution in [0.5, 0.6) is 0 Å². The summed E-state index contributed by atoms with van der Waals surface area (Å²) in [5, 5.41) is 2.94. The maximum absolute atomic E-state index is 12.2. The van der Waals surface area contributed by atoms with Crippen molar-refractivity contribution in [3.63, 3.8) is 0 Å². The molecule has 3 aliphatic rings. The first kappa shape index (κ1) is 14.1. The average Bonchev–Trinajstić information content (AvgIpc) is 3.01. The molecular formula is C15H14ClN5O2. The van der Waals surface area contributed by atoms with Gasteiger partial charge in [0, 0.05) is 18.9 Å². The molecule has 3 amide bonds. The molecule has 0 radical (unpaired) electrons. The van der Waals surface area contributed by atoms with Crippen LogP contribution in [-0.2, 0) is 4.79 Å². The number of rotatable bonds is 1. The van der Waals surface area contributed by atoms with Crippen molar-refractivity contribution < 1.29 is 9.59 Å². The lowest BCUT2D eigenvalue weighted by molar-refractivity contribution is -0.126. The number of anilines is 1. The molecular weight excluding hydrogens is 318 g/mol. The summed E-state index contributed by atoms with van der Waals surface area (Å²) in [7, 11) is 1.63. The zero-order valence-corrected chi connectivity index (χ0v) is 13.3. The number of imide groups is 1. The molecule has 0 aromatic heterocycles. The number of nitrogens with one attached hydrogen (secondary N) is 1. The minimum absolute atomic E-state index is 0.345. The van der Waals surface area contributed by atoms with Crippen LogP contribution >= 0.6 is 11.6 Å². The molecule has 0 saturated carbocycles. The van der Waals surface area contributed by atoms with Crippen LogP contribution in [0.4, 0.5) is 10.5 Å². The van der Waals surface area contributed by atoms with Crippen molar-refractivity contribution in [1.82, 2.24) is 15.1 Å². The van der Waals surface area contributed by atoms with E-state index in [9.17, 15) is 9.59 Å². The second-order valence-electron chi connectivity index (χ2n) is 5.66. The largest absolute Gasteiger partial charge is 0.325 e. The first-order chi connectivity index (χ1) is 11.0. The van der Waals surface area contributed by atoms with Crippen molar-refractivity contribution in [3.8, 4) is 0 Å². The summed E-state index contributed by atoms with van der Waals surface area (Å²) in [6.45, 7) is 1.93. The molecule has 0 spiro atoms. The average molecular weight is 332 g/mol. The standard InChI is InChI=1S/C15H14ClN5O2/c1-8-7-20-11-12(19(2)15(23)18-13(11)22)17-14(20)21(8)10-6-4-3-5-9(10)16/h3-7,11-12H,1-2H3,(H,18,22,23). The highest BCUT2D eigenvalue weighted by molar-refractivity contribution is 6.34. The lowest BCUT2D eigenvalue weighted by Crippen LogP contribution is -2.62. The number of carbonyl (C=O) groups excluding carboxylic acids is 2. The van der Waals surface area contributed by atoms with E-state index in [0.29, 0.717) is 11.0 Å². The Labute approximate surface area is 137 Å². The number of hydrogen-bond donors (Lipinski definition) is 1. The monoisotopic (exact) mass is 331 g/mol. The van der Waals surface area contributed by atoms with Gasteiger partial charge in [0.1, 0.15) is 0 Å². The third-order valence-corrected chi connectivity index (χ3v) is 4.57. The Balaban J connectivity index is 1.79. The number of aliphatic imine (C=N–C) groups is 1. The fourth-order valence-electron chi connectivity index (χ4n) is 3.13. The quantitative estimate of drug-likeness (QED) is 0.848. The van der Waals surface area contributed by atoms with Crippen molar-refractivity contribution in [2.45, 2.75) is 19.1 Å². The highest BCUT2D eigenvalue weighted by Crippen LogP contribution is 2.37. The molecule has 1 N–H and O–H groups in total. The normalized spacial score (nSPS) is 26.0. The van der Waals surface area contributed by atoms with Crippen LogP contribution in [0.15, 0.2) is 41.2 Å². The van der Waals surface area contributed by atoms with Crippen LogP contribution in [0.3, 0.4) is 0 Å². The highest BCUT2D eigenvalue weighted by atomic mass is 35.5. The van der Waals surface area contributed by atoms with Crippen LogP contribution < -0.4 is 10.2 Å². The van der Waals surface area contributed by atoms with Gasteiger partial charge in [-0.25, -0.2) is 9.79 Å². The Kier molecular flexibility index (Phi) is 2.89. The number of hydrogen-bond acceptors (Lipinski definition) is 5. The number of halogens is 1. The summed E-state index contributed by atoms with van der Waals surface area (Å²) in [5.74, 6) is 0.254. The molecule has 118 valence electrons. The zero-order chi connectivity index (χ0) is 16.3. The van der Waals surface area contributed by atoms with E-state index in [-0.39, 0.29) is 5.91 Å². The van der Waals surface area contributed by atoms with Crippen molar-refractivity contribution in [3.05, 3.63) is 41.2 Å². The summed E-state index contributed by atoms with van der Waals surface area (Å²) >= 11 is 6.31. The van der Waals surface area contributed by atoms with E-state index in [4.69, 9.17) is 11.6 Å². The number of nitrogens with zero attached hydrogens (tertiary/aromatic N) is 4. The van der Waals surface area contributed by atoms with Gasteiger partial charge < -0.3 is 9.80 Å². The number of urea groups is 1. The van der Waals surface area contributed by atoms with Crippen LogP contribution in [0.1, 0.15) is 6.92 Å². The fourth-order valence-corrected chi connectivity index (χ4v) is 3.35. The molecule has 3 heterocycles.